The molecule has 1 heterocycles. The van der Waals surface area contributed by atoms with Gasteiger partial charge in [-0.25, -0.2) is 9.18 Å². The van der Waals surface area contributed by atoms with Crippen LogP contribution in [0.5, 0.6) is 5.75 Å². The second-order valence-corrected chi connectivity index (χ2v) is 4.35. The van der Waals surface area contributed by atoms with E-state index in [0.717, 1.165) is 11.0 Å². The van der Waals surface area contributed by atoms with Crippen molar-refractivity contribution in [1.29, 1.82) is 0 Å². The molecule has 0 spiro atoms. The lowest BCUT2D eigenvalue weighted by atomic mass is 10.1. The Hall–Kier alpha value is -2.11. The maximum atomic E-state index is 13.3. The summed E-state index contributed by atoms with van der Waals surface area (Å²) in [7, 11) is 0. The molecular weight excluding hydrogens is 253 g/mol. The van der Waals surface area contributed by atoms with Crippen LogP contribution >= 0.6 is 0 Å². The Bertz CT molecular complexity index is 531. The van der Waals surface area contributed by atoms with E-state index < -0.39 is 29.8 Å². The van der Waals surface area contributed by atoms with Crippen LogP contribution in [0.1, 0.15) is 20.3 Å². The van der Waals surface area contributed by atoms with Gasteiger partial charge in [0.2, 0.25) is 0 Å². The van der Waals surface area contributed by atoms with Gasteiger partial charge in [-0.1, -0.05) is 6.92 Å². The highest BCUT2D eigenvalue weighted by Gasteiger charge is 2.38. The third-order valence-corrected chi connectivity index (χ3v) is 3.08. The average molecular weight is 267 g/mol. The summed E-state index contributed by atoms with van der Waals surface area (Å²) >= 11 is 0. The fraction of sp³-hybridized carbons (Fsp3) is 0.385. The van der Waals surface area contributed by atoms with Crippen LogP contribution in [0.3, 0.4) is 0 Å². The molecule has 0 bridgehead atoms. The van der Waals surface area contributed by atoms with E-state index in [1.54, 1.807) is 6.92 Å². The van der Waals surface area contributed by atoms with Crippen LogP contribution in [0.15, 0.2) is 18.2 Å². The van der Waals surface area contributed by atoms with Gasteiger partial charge in [-0.15, -0.1) is 0 Å². The molecule has 2 unspecified atom stereocenters. The maximum Gasteiger partial charge on any atom is 0.326 e. The number of benzene rings is 1. The number of fused-ring (bicyclic) bond motifs is 1. The largest absolute Gasteiger partial charge is 0.480 e. The van der Waals surface area contributed by atoms with E-state index in [4.69, 9.17) is 9.84 Å². The number of carboxylic acids is 1. The SMILES string of the molecule is CCC1Oc2ccc(F)cc2N(C(C)C(=O)O)C1=O. The second kappa shape index (κ2) is 4.87. The second-order valence-electron chi connectivity index (χ2n) is 4.35. The number of ether oxygens (including phenoxy) is 1. The standard InChI is InChI=1S/C13H14FNO4/c1-3-10-12(16)15(7(2)13(17)18)9-6-8(14)4-5-11(9)19-10/h4-7,10H,3H2,1-2H3,(H,17,18). The minimum absolute atomic E-state index is 0.157. The molecule has 1 N–H and O–H groups in total. The number of rotatable bonds is 3. The molecule has 2 rings (SSSR count). The van der Waals surface area contributed by atoms with Crippen molar-refractivity contribution in [2.45, 2.75) is 32.4 Å². The van der Waals surface area contributed by atoms with Gasteiger partial charge >= 0.3 is 5.97 Å². The van der Waals surface area contributed by atoms with Gasteiger partial charge in [-0.3, -0.25) is 9.69 Å². The Balaban J connectivity index is 2.53. The topological polar surface area (TPSA) is 66.8 Å². The molecule has 0 fully saturated rings. The number of amides is 1. The first-order valence-electron chi connectivity index (χ1n) is 5.97. The summed E-state index contributed by atoms with van der Waals surface area (Å²) in [4.78, 5) is 24.4. The van der Waals surface area contributed by atoms with Crippen LogP contribution in [0.4, 0.5) is 10.1 Å². The fourth-order valence-electron chi connectivity index (χ4n) is 2.02. The quantitative estimate of drug-likeness (QED) is 0.906. The molecule has 0 aromatic heterocycles. The smallest absolute Gasteiger partial charge is 0.326 e. The van der Waals surface area contributed by atoms with Gasteiger partial charge in [0.25, 0.3) is 5.91 Å². The molecule has 0 saturated carbocycles. The Kier molecular flexibility index (Phi) is 3.42. The summed E-state index contributed by atoms with van der Waals surface area (Å²) in [6.45, 7) is 3.15. The Morgan fingerprint density at radius 2 is 2.26 bits per heavy atom. The van der Waals surface area contributed by atoms with E-state index >= 15 is 0 Å². The summed E-state index contributed by atoms with van der Waals surface area (Å²) in [5, 5.41) is 9.08. The van der Waals surface area contributed by atoms with Gasteiger partial charge in [-0.05, 0) is 25.5 Å². The lowest BCUT2D eigenvalue weighted by Crippen LogP contribution is -2.52. The van der Waals surface area contributed by atoms with Crippen molar-refractivity contribution < 1.29 is 23.8 Å². The van der Waals surface area contributed by atoms with Crippen molar-refractivity contribution in [3.63, 3.8) is 0 Å². The number of hydrogen-bond donors (Lipinski definition) is 1. The Morgan fingerprint density at radius 1 is 1.58 bits per heavy atom. The molecule has 1 aliphatic heterocycles. The molecule has 1 aliphatic rings. The van der Waals surface area contributed by atoms with Crippen LogP contribution < -0.4 is 9.64 Å². The molecule has 1 aromatic carbocycles. The lowest BCUT2D eigenvalue weighted by molar-refractivity contribution is -0.140. The van der Waals surface area contributed by atoms with E-state index in [9.17, 15) is 14.0 Å². The first-order chi connectivity index (χ1) is 8.95. The van der Waals surface area contributed by atoms with Gasteiger partial charge in [0.1, 0.15) is 17.6 Å². The highest BCUT2D eigenvalue weighted by atomic mass is 19.1. The number of carboxylic acid groups (broad SMARTS) is 1. The number of halogens is 1. The Labute approximate surface area is 109 Å². The summed E-state index contributed by atoms with van der Waals surface area (Å²) in [6.07, 6.45) is -0.321. The predicted octanol–water partition coefficient (Wildman–Crippen LogP) is 1.80. The maximum absolute atomic E-state index is 13.3. The van der Waals surface area contributed by atoms with Crippen LogP contribution in [-0.4, -0.2) is 29.1 Å². The van der Waals surface area contributed by atoms with E-state index in [2.05, 4.69) is 0 Å². The summed E-state index contributed by atoms with van der Waals surface area (Å²) in [5.41, 5.74) is 0.157. The summed E-state index contributed by atoms with van der Waals surface area (Å²) < 4.78 is 18.8. The molecule has 6 heteroatoms. The van der Waals surface area contributed by atoms with Crippen molar-refractivity contribution in [3.8, 4) is 5.75 Å². The fourth-order valence-corrected chi connectivity index (χ4v) is 2.02. The van der Waals surface area contributed by atoms with Gasteiger partial charge in [0.05, 0.1) is 5.69 Å². The van der Waals surface area contributed by atoms with Crippen molar-refractivity contribution in [1.82, 2.24) is 0 Å². The molecule has 0 aliphatic carbocycles. The van der Waals surface area contributed by atoms with Gasteiger partial charge in [0, 0.05) is 6.07 Å². The molecule has 5 nitrogen and oxygen atoms in total. The highest BCUT2D eigenvalue weighted by molar-refractivity contribution is 6.04. The molecule has 0 saturated heterocycles. The first-order valence-corrected chi connectivity index (χ1v) is 5.97. The molecule has 19 heavy (non-hydrogen) atoms. The molecule has 2 atom stereocenters. The molecule has 1 amide bonds. The molecular formula is C13H14FNO4. The number of anilines is 1. The number of nitrogens with zero attached hydrogens (tertiary/aromatic N) is 1. The third-order valence-electron chi connectivity index (χ3n) is 3.08. The zero-order chi connectivity index (χ0) is 14.2. The van der Waals surface area contributed by atoms with E-state index in [1.165, 1.54) is 19.1 Å². The highest BCUT2D eigenvalue weighted by Crippen LogP contribution is 2.36. The predicted molar refractivity (Wildman–Crippen MR) is 65.7 cm³/mol. The average Bonchev–Trinajstić information content (AvgIpc) is 2.37. The lowest BCUT2D eigenvalue weighted by Gasteiger charge is -2.36. The van der Waals surface area contributed by atoms with E-state index in [-0.39, 0.29) is 5.69 Å². The zero-order valence-electron chi connectivity index (χ0n) is 10.6. The monoisotopic (exact) mass is 267 g/mol. The van der Waals surface area contributed by atoms with Gasteiger partial charge in [-0.2, -0.15) is 0 Å². The van der Waals surface area contributed by atoms with Crippen LogP contribution in [-0.2, 0) is 9.59 Å². The number of aliphatic carboxylic acids is 1. The van der Waals surface area contributed by atoms with Crippen LogP contribution in [0.25, 0.3) is 0 Å². The summed E-state index contributed by atoms with van der Waals surface area (Å²) in [6, 6.07) is 2.65. The number of carbonyl (C=O) groups is 2. The van der Waals surface area contributed by atoms with Crippen LogP contribution in [0, 0.1) is 5.82 Å². The molecule has 1 aromatic rings. The van der Waals surface area contributed by atoms with Crippen molar-refractivity contribution in [2.24, 2.45) is 0 Å². The summed E-state index contributed by atoms with van der Waals surface area (Å²) in [5.74, 6) is -1.84. The number of carbonyl (C=O) groups excluding carboxylic acids is 1. The minimum atomic E-state index is -1.15. The van der Waals surface area contributed by atoms with Gasteiger partial charge < -0.3 is 9.84 Å². The van der Waals surface area contributed by atoms with Gasteiger partial charge in [0.15, 0.2) is 6.10 Å². The number of hydrogen-bond acceptors (Lipinski definition) is 3. The minimum Gasteiger partial charge on any atom is -0.480 e. The van der Waals surface area contributed by atoms with Crippen molar-refractivity contribution in [3.05, 3.63) is 24.0 Å². The first kappa shape index (κ1) is 13.3. The normalized spacial score (nSPS) is 19.6. The van der Waals surface area contributed by atoms with E-state index in [1.807, 2.05) is 0 Å². The third kappa shape index (κ3) is 2.25. The zero-order valence-corrected chi connectivity index (χ0v) is 10.6. The molecule has 0 radical (unpaired) electrons. The van der Waals surface area contributed by atoms with Crippen molar-refractivity contribution in [2.75, 3.05) is 4.90 Å². The van der Waals surface area contributed by atoms with Crippen LogP contribution in [0.2, 0.25) is 0 Å². The molecule has 102 valence electrons. The Morgan fingerprint density at radius 3 is 2.84 bits per heavy atom. The van der Waals surface area contributed by atoms with E-state index in [0.29, 0.717) is 12.2 Å². The van der Waals surface area contributed by atoms with Crippen molar-refractivity contribution >= 4 is 17.6 Å².